The highest BCUT2D eigenvalue weighted by Gasteiger charge is 2.32. The lowest BCUT2D eigenvalue weighted by atomic mass is 9.92. The first-order valence-electron chi connectivity index (χ1n) is 15.8. The minimum atomic E-state index is -4.09. The third-order valence-electron chi connectivity index (χ3n) is 9.64. The fourth-order valence-corrected chi connectivity index (χ4v) is 8.18. The number of carbonyl (C=O) groups is 2. The number of benzene rings is 2. The quantitative estimate of drug-likeness (QED) is 0.377. The van der Waals surface area contributed by atoms with Gasteiger partial charge >= 0.3 is 15.8 Å². The second-order valence-electron chi connectivity index (χ2n) is 12.6. The van der Waals surface area contributed by atoms with Crippen molar-refractivity contribution >= 4 is 38.7 Å². The van der Waals surface area contributed by atoms with Gasteiger partial charge in [0.15, 0.2) is 0 Å². The molecular weight excluding hydrogens is 629 g/mol. The second-order valence-corrected chi connectivity index (χ2v) is 14.3. The molecule has 6 rings (SSSR count). The van der Waals surface area contributed by atoms with Crippen molar-refractivity contribution in [2.45, 2.75) is 45.7 Å². The number of aryl methyl sites for hydroxylation is 2. The van der Waals surface area contributed by atoms with Crippen LogP contribution in [0.5, 0.6) is 0 Å². The van der Waals surface area contributed by atoms with Crippen LogP contribution in [0.4, 0.5) is 10.1 Å². The number of carbonyl (C=O) groups excluding carboxylic acids is 2. The highest BCUT2D eigenvalue weighted by molar-refractivity contribution is 7.87. The van der Waals surface area contributed by atoms with E-state index < -0.39 is 39.0 Å². The Morgan fingerprint density at radius 2 is 1.81 bits per heavy atom. The summed E-state index contributed by atoms with van der Waals surface area (Å²) in [5, 5.41) is 0.876. The van der Waals surface area contributed by atoms with Crippen LogP contribution in [0.1, 0.15) is 55.8 Å². The number of halogens is 1. The van der Waals surface area contributed by atoms with Crippen molar-refractivity contribution in [3.05, 3.63) is 73.9 Å². The van der Waals surface area contributed by atoms with Crippen molar-refractivity contribution < 1.29 is 31.6 Å². The average molecular weight is 670 g/mol. The van der Waals surface area contributed by atoms with Gasteiger partial charge in [-0.2, -0.15) is 12.7 Å². The maximum atomic E-state index is 15.1. The Hall–Kier alpha value is -3.85. The lowest BCUT2D eigenvalue weighted by Gasteiger charge is -2.41. The average Bonchev–Trinajstić information content (AvgIpc) is 3.60. The molecule has 0 saturated carbocycles. The van der Waals surface area contributed by atoms with E-state index in [9.17, 15) is 22.8 Å². The lowest BCUT2D eigenvalue weighted by molar-refractivity contribution is 0.0731. The summed E-state index contributed by atoms with van der Waals surface area (Å²) in [6.45, 7) is 7.94. The number of methoxy groups -OCH3 is 1. The van der Waals surface area contributed by atoms with Crippen LogP contribution in [0.15, 0.2) is 33.5 Å². The third kappa shape index (κ3) is 6.26. The number of anilines is 1. The fraction of sp³-hybridized carbons (Fsp3) is 0.485. The molecule has 0 spiro atoms. The monoisotopic (exact) mass is 669 g/mol. The van der Waals surface area contributed by atoms with Crippen LogP contribution < -0.4 is 15.2 Å². The summed E-state index contributed by atoms with van der Waals surface area (Å²) in [5.41, 5.74) is 3.64. The molecule has 1 N–H and O–H groups in total. The Balaban J connectivity index is 1.22. The van der Waals surface area contributed by atoms with E-state index in [2.05, 4.69) is 22.9 Å². The smallest absolute Gasteiger partial charge is 0.341 e. The molecule has 3 aromatic rings. The molecule has 2 aromatic carbocycles. The van der Waals surface area contributed by atoms with Crippen LogP contribution in [-0.2, 0) is 27.9 Å². The minimum Gasteiger partial charge on any atom is -0.422 e. The number of amides is 2. The fourth-order valence-electron chi connectivity index (χ4n) is 6.97. The molecule has 3 aliphatic rings. The number of nitrogens with zero attached hydrogens (tertiary/aromatic N) is 4. The maximum absolute atomic E-state index is 15.1. The maximum Gasteiger partial charge on any atom is 0.341 e. The highest BCUT2D eigenvalue weighted by Crippen LogP contribution is 2.36. The molecule has 47 heavy (non-hydrogen) atoms. The number of piperazine rings is 1. The summed E-state index contributed by atoms with van der Waals surface area (Å²) in [7, 11) is -0.299. The molecule has 0 bridgehead atoms. The van der Waals surface area contributed by atoms with Crippen molar-refractivity contribution in [3.8, 4) is 0 Å². The van der Waals surface area contributed by atoms with Gasteiger partial charge in [0.05, 0.1) is 30.3 Å². The van der Waals surface area contributed by atoms with Crippen molar-refractivity contribution in [2.24, 2.45) is 0 Å². The van der Waals surface area contributed by atoms with E-state index in [-0.39, 0.29) is 31.2 Å². The van der Waals surface area contributed by atoms with Gasteiger partial charge in [0, 0.05) is 68.6 Å². The SMILES string of the molecule is COC[C@H]1CN(c2cc(C)c3c4c(c(=O)oc3c2C)CN(C(=O)c2ccc(C(=O)NS(=O)(=O)N3CCCC3)c(F)c2)CC4)CCN1C. The normalized spacial score (nSPS) is 19.3. The van der Waals surface area contributed by atoms with Gasteiger partial charge in [-0.15, -0.1) is 0 Å². The molecule has 0 radical (unpaired) electrons. The summed E-state index contributed by atoms with van der Waals surface area (Å²) in [5.74, 6) is -2.65. The second kappa shape index (κ2) is 13.0. The van der Waals surface area contributed by atoms with E-state index in [4.69, 9.17) is 9.15 Å². The summed E-state index contributed by atoms with van der Waals surface area (Å²) >= 11 is 0. The van der Waals surface area contributed by atoms with Crippen LogP contribution >= 0.6 is 0 Å². The Labute approximate surface area is 273 Å². The van der Waals surface area contributed by atoms with Crippen LogP contribution in [0.2, 0.25) is 0 Å². The molecule has 2 amide bonds. The number of hydrogen-bond acceptors (Lipinski definition) is 9. The lowest BCUT2D eigenvalue weighted by Crippen LogP contribution is -2.53. The van der Waals surface area contributed by atoms with Gasteiger partial charge in [0.2, 0.25) is 0 Å². The molecule has 14 heteroatoms. The number of rotatable bonds is 7. The molecule has 2 saturated heterocycles. The van der Waals surface area contributed by atoms with E-state index in [1.807, 2.05) is 18.6 Å². The van der Waals surface area contributed by atoms with Gasteiger partial charge in [-0.3, -0.25) is 14.5 Å². The summed E-state index contributed by atoms with van der Waals surface area (Å²) in [4.78, 5) is 45.5. The van der Waals surface area contributed by atoms with E-state index in [1.165, 1.54) is 11.0 Å². The minimum absolute atomic E-state index is 0.0121. The first-order chi connectivity index (χ1) is 22.4. The van der Waals surface area contributed by atoms with E-state index in [1.54, 1.807) is 7.11 Å². The first kappa shape index (κ1) is 33.1. The van der Waals surface area contributed by atoms with Crippen molar-refractivity contribution in [1.29, 1.82) is 0 Å². The highest BCUT2D eigenvalue weighted by atomic mass is 32.2. The van der Waals surface area contributed by atoms with E-state index in [0.717, 1.165) is 63.8 Å². The van der Waals surface area contributed by atoms with E-state index in [0.29, 0.717) is 43.6 Å². The molecule has 4 heterocycles. The molecule has 1 aromatic heterocycles. The topological polar surface area (TPSA) is 133 Å². The Bertz CT molecular complexity index is 1910. The number of nitrogens with one attached hydrogen (secondary N) is 1. The van der Waals surface area contributed by atoms with Crippen LogP contribution in [0, 0.1) is 19.7 Å². The van der Waals surface area contributed by atoms with Crippen molar-refractivity contribution in [1.82, 2.24) is 18.8 Å². The number of ether oxygens (including phenoxy) is 1. The predicted octanol–water partition coefficient (Wildman–Crippen LogP) is 2.58. The van der Waals surface area contributed by atoms with Crippen LogP contribution in [0.25, 0.3) is 11.0 Å². The molecule has 12 nitrogen and oxygen atoms in total. The molecule has 2 fully saturated rings. The van der Waals surface area contributed by atoms with Gasteiger partial charge < -0.3 is 19.0 Å². The molecular formula is C33H40FN5O7S. The standard InChI is InChI=1S/C33H40FN5O7S/c1-20-15-28(37-14-13-36(3)23(17-37)19-45-4)21(2)30-29(20)24-9-12-38(18-26(24)33(42)46-30)32(41)22-7-8-25(27(34)16-22)31(40)35-47(43,44)39-10-5-6-11-39/h7-8,15-16,23H,5-6,9-14,17-19H2,1-4H3,(H,35,40)/t23-/m1/s1. The Kier molecular flexibility index (Phi) is 9.13. The summed E-state index contributed by atoms with van der Waals surface area (Å²) in [6, 6.07) is 5.68. The zero-order chi connectivity index (χ0) is 33.6. The van der Waals surface area contributed by atoms with Gasteiger partial charge in [-0.05, 0) is 75.5 Å². The number of hydrogen-bond donors (Lipinski definition) is 1. The zero-order valence-corrected chi connectivity index (χ0v) is 27.9. The van der Waals surface area contributed by atoms with Gasteiger partial charge in [-0.1, -0.05) is 0 Å². The van der Waals surface area contributed by atoms with Gasteiger partial charge in [-0.25, -0.2) is 13.9 Å². The summed E-state index contributed by atoms with van der Waals surface area (Å²) < 4.78 is 54.4. The Morgan fingerprint density at radius 3 is 2.51 bits per heavy atom. The molecule has 1 atom stereocenters. The van der Waals surface area contributed by atoms with Crippen LogP contribution in [0.3, 0.4) is 0 Å². The molecule has 3 aliphatic heterocycles. The van der Waals surface area contributed by atoms with Crippen molar-refractivity contribution in [3.63, 3.8) is 0 Å². The molecule has 0 aliphatic carbocycles. The third-order valence-corrected chi connectivity index (χ3v) is 11.1. The van der Waals surface area contributed by atoms with Gasteiger partial charge in [0.1, 0.15) is 11.4 Å². The predicted molar refractivity (Wildman–Crippen MR) is 175 cm³/mol. The largest absolute Gasteiger partial charge is 0.422 e. The molecule has 252 valence electrons. The van der Waals surface area contributed by atoms with Gasteiger partial charge in [0.25, 0.3) is 11.8 Å². The summed E-state index contributed by atoms with van der Waals surface area (Å²) in [6.07, 6.45) is 1.78. The first-order valence-corrected chi connectivity index (χ1v) is 17.3. The van der Waals surface area contributed by atoms with Crippen molar-refractivity contribution in [2.75, 3.05) is 64.9 Å². The molecule has 0 unspecified atom stereocenters. The van der Waals surface area contributed by atoms with E-state index >= 15 is 4.39 Å². The van der Waals surface area contributed by atoms with Crippen LogP contribution in [-0.4, -0.2) is 100 Å². The number of likely N-dealkylation sites (N-methyl/N-ethyl adjacent to an activating group) is 1. The Morgan fingerprint density at radius 1 is 1.06 bits per heavy atom. The zero-order valence-electron chi connectivity index (χ0n) is 27.1. The number of fused-ring (bicyclic) bond motifs is 3.